The molecule has 3 aliphatic heterocycles. The van der Waals surface area contributed by atoms with Gasteiger partial charge in [-0.2, -0.15) is 0 Å². The molecule has 1 N–H and O–H groups in total. The topological polar surface area (TPSA) is 121 Å². The van der Waals surface area contributed by atoms with E-state index in [-0.39, 0.29) is 49.4 Å². The molecule has 4 heterocycles. The van der Waals surface area contributed by atoms with Crippen molar-refractivity contribution >= 4 is 28.8 Å². The SMILES string of the molecule is C=CCN(Cn1nnc2ccccc21)C(=O)C1N([C@@H](CO)C(C)C)C(=O)[C@@H]2[C@@H](C(=O)N(CC=C)CCC)[C@]3(C)OC12CC3C. The molecule has 0 radical (unpaired) electrons. The first-order chi connectivity index (χ1) is 21.0. The molecular formula is C33H46N6O5. The van der Waals surface area contributed by atoms with Crippen LogP contribution in [0.2, 0.25) is 0 Å². The quantitative estimate of drug-likeness (QED) is 0.348. The van der Waals surface area contributed by atoms with Gasteiger partial charge in [0.25, 0.3) is 0 Å². The van der Waals surface area contributed by atoms with Crippen LogP contribution in [0.3, 0.4) is 0 Å². The van der Waals surface area contributed by atoms with E-state index in [1.165, 1.54) is 0 Å². The number of para-hydroxylation sites is 1. The van der Waals surface area contributed by atoms with Gasteiger partial charge in [-0.15, -0.1) is 18.3 Å². The molecule has 3 unspecified atom stereocenters. The highest BCUT2D eigenvalue weighted by atomic mass is 16.5. The molecule has 44 heavy (non-hydrogen) atoms. The van der Waals surface area contributed by atoms with Crippen molar-refractivity contribution in [2.24, 2.45) is 23.7 Å². The Morgan fingerprint density at radius 3 is 2.50 bits per heavy atom. The molecule has 1 aromatic heterocycles. The number of nitrogens with zero attached hydrogens (tertiary/aromatic N) is 6. The molecule has 7 atom stereocenters. The Labute approximate surface area is 259 Å². The van der Waals surface area contributed by atoms with Crippen LogP contribution in [-0.2, 0) is 25.8 Å². The number of rotatable bonds is 13. The summed E-state index contributed by atoms with van der Waals surface area (Å²) in [4.78, 5) is 48.8. The number of carbonyl (C=O) groups excluding carboxylic acids is 3. The van der Waals surface area contributed by atoms with Gasteiger partial charge in [-0.1, -0.05) is 57.2 Å². The van der Waals surface area contributed by atoms with Crippen molar-refractivity contribution in [3.63, 3.8) is 0 Å². The summed E-state index contributed by atoms with van der Waals surface area (Å²) in [6.45, 7) is 18.4. The fraction of sp³-hybridized carbons (Fsp3) is 0.606. The lowest BCUT2D eigenvalue weighted by atomic mass is 9.62. The normalized spacial score (nSPS) is 29.7. The second kappa shape index (κ2) is 12.1. The van der Waals surface area contributed by atoms with E-state index in [4.69, 9.17) is 4.74 Å². The van der Waals surface area contributed by atoms with Crippen molar-refractivity contribution in [1.29, 1.82) is 0 Å². The summed E-state index contributed by atoms with van der Waals surface area (Å²) in [5, 5.41) is 19.1. The Kier molecular flexibility index (Phi) is 8.74. The van der Waals surface area contributed by atoms with Crippen molar-refractivity contribution in [3.05, 3.63) is 49.6 Å². The summed E-state index contributed by atoms with van der Waals surface area (Å²) >= 11 is 0. The van der Waals surface area contributed by atoms with E-state index in [2.05, 4.69) is 23.5 Å². The molecule has 0 aliphatic carbocycles. The smallest absolute Gasteiger partial charge is 0.250 e. The van der Waals surface area contributed by atoms with Crippen LogP contribution < -0.4 is 0 Å². The van der Waals surface area contributed by atoms with Gasteiger partial charge in [-0.3, -0.25) is 14.4 Å². The van der Waals surface area contributed by atoms with Gasteiger partial charge in [0.05, 0.1) is 35.6 Å². The van der Waals surface area contributed by atoms with Crippen molar-refractivity contribution in [3.8, 4) is 0 Å². The van der Waals surface area contributed by atoms with Crippen molar-refractivity contribution in [1.82, 2.24) is 29.7 Å². The number of fused-ring (bicyclic) bond motifs is 2. The molecule has 3 aliphatic rings. The summed E-state index contributed by atoms with van der Waals surface area (Å²) in [5.74, 6) is -2.69. The third kappa shape index (κ3) is 4.75. The molecule has 11 nitrogen and oxygen atoms in total. The van der Waals surface area contributed by atoms with Gasteiger partial charge in [-0.25, -0.2) is 4.68 Å². The Morgan fingerprint density at radius 2 is 1.86 bits per heavy atom. The minimum absolute atomic E-state index is 0.0783. The van der Waals surface area contributed by atoms with Crippen molar-refractivity contribution < 1.29 is 24.2 Å². The molecule has 1 spiro atoms. The largest absolute Gasteiger partial charge is 0.394 e. The highest BCUT2D eigenvalue weighted by Gasteiger charge is 2.80. The van der Waals surface area contributed by atoms with E-state index in [0.717, 1.165) is 11.9 Å². The molecule has 2 aromatic rings. The van der Waals surface area contributed by atoms with E-state index in [1.54, 1.807) is 31.5 Å². The van der Waals surface area contributed by atoms with E-state index in [1.807, 2.05) is 58.9 Å². The number of hydrogen-bond donors (Lipinski definition) is 1. The minimum atomic E-state index is -1.24. The molecule has 3 fully saturated rings. The highest BCUT2D eigenvalue weighted by molar-refractivity contribution is 5.99. The molecule has 0 saturated carbocycles. The number of aliphatic hydroxyl groups excluding tert-OH is 1. The number of ether oxygens (including phenoxy) is 1. The summed E-state index contributed by atoms with van der Waals surface area (Å²) < 4.78 is 8.59. The van der Waals surface area contributed by atoms with Crippen LogP contribution in [0.1, 0.15) is 47.5 Å². The average molecular weight is 607 g/mol. The fourth-order valence-corrected chi connectivity index (χ4v) is 7.95. The zero-order valence-electron chi connectivity index (χ0n) is 26.6. The number of benzene rings is 1. The summed E-state index contributed by atoms with van der Waals surface area (Å²) in [6, 6.07) is 5.81. The van der Waals surface area contributed by atoms with Gasteiger partial charge < -0.3 is 24.5 Å². The predicted octanol–water partition coefficient (Wildman–Crippen LogP) is 2.86. The minimum Gasteiger partial charge on any atom is -0.394 e. The lowest BCUT2D eigenvalue weighted by Crippen LogP contribution is -2.60. The maximum atomic E-state index is 14.9. The van der Waals surface area contributed by atoms with Crippen LogP contribution in [0.15, 0.2) is 49.6 Å². The van der Waals surface area contributed by atoms with Gasteiger partial charge in [0.15, 0.2) is 0 Å². The van der Waals surface area contributed by atoms with Crippen LogP contribution >= 0.6 is 0 Å². The predicted molar refractivity (Wildman–Crippen MR) is 166 cm³/mol. The molecule has 3 saturated heterocycles. The van der Waals surface area contributed by atoms with Crippen LogP contribution in [0.5, 0.6) is 0 Å². The van der Waals surface area contributed by atoms with Gasteiger partial charge in [0.1, 0.15) is 23.8 Å². The van der Waals surface area contributed by atoms with Crippen LogP contribution in [0.4, 0.5) is 0 Å². The van der Waals surface area contributed by atoms with Crippen LogP contribution in [0.25, 0.3) is 11.0 Å². The Morgan fingerprint density at radius 1 is 1.18 bits per heavy atom. The lowest BCUT2D eigenvalue weighted by Gasteiger charge is -2.40. The van der Waals surface area contributed by atoms with Gasteiger partial charge in [0, 0.05) is 19.6 Å². The van der Waals surface area contributed by atoms with E-state index in [9.17, 15) is 19.5 Å². The second-order valence-electron chi connectivity index (χ2n) is 13.1. The first-order valence-corrected chi connectivity index (χ1v) is 15.7. The van der Waals surface area contributed by atoms with Gasteiger partial charge in [0.2, 0.25) is 17.7 Å². The number of amides is 3. The highest BCUT2D eigenvalue weighted by Crippen LogP contribution is 2.66. The first-order valence-electron chi connectivity index (χ1n) is 15.7. The second-order valence-corrected chi connectivity index (χ2v) is 13.1. The number of aliphatic hydroxyl groups is 1. The Bertz CT molecular complexity index is 1440. The van der Waals surface area contributed by atoms with Gasteiger partial charge >= 0.3 is 0 Å². The molecule has 238 valence electrons. The average Bonchev–Trinajstić information content (AvgIpc) is 3.66. The first kappa shape index (κ1) is 31.8. The summed E-state index contributed by atoms with van der Waals surface area (Å²) in [7, 11) is 0. The molecular weight excluding hydrogens is 560 g/mol. The van der Waals surface area contributed by atoms with E-state index < -0.39 is 35.1 Å². The number of hydrogen-bond acceptors (Lipinski definition) is 7. The standard InChI is InChI=1S/C33H46N6O5/c1-8-15-36(16-9-2)29(41)26-27-30(42)39(25(19-40)21(4)5)28(33(27)18-22(6)32(26,7)44-33)31(43)37(17-10-3)20-38-24-14-12-11-13-23(24)34-35-38/h8,10-14,21-22,25-28,40H,1,3,9,15-20H2,2,4-7H3/t22?,25-,26-,27-,28?,32+,33?/m0/s1. The Balaban J connectivity index is 1.62. The van der Waals surface area contributed by atoms with Crippen LogP contribution in [0, 0.1) is 23.7 Å². The molecule has 2 bridgehead atoms. The maximum Gasteiger partial charge on any atom is 0.250 e. The number of aromatic nitrogens is 3. The van der Waals surface area contributed by atoms with Crippen molar-refractivity contribution in [2.45, 2.75) is 77.4 Å². The summed E-state index contributed by atoms with van der Waals surface area (Å²) in [6.07, 6.45) is 4.53. The number of carbonyl (C=O) groups is 3. The van der Waals surface area contributed by atoms with E-state index in [0.29, 0.717) is 25.0 Å². The molecule has 5 rings (SSSR count). The van der Waals surface area contributed by atoms with Gasteiger partial charge in [-0.05, 0) is 43.7 Å². The van der Waals surface area contributed by atoms with Crippen LogP contribution in [-0.4, -0.2) is 102 Å². The lowest BCUT2D eigenvalue weighted by molar-refractivity contribution is -0.159. The molecule has 11 heteroatoms. The zero-order chi connectivity index (χ0) is 32.0. The number of likely N-dealkylation sites (tertiary alicyclic amines) is 1. The molecule has 3 amide bonds. The third-order valence-electron chi connectivity index (χ3n) is 10.1. The Hall–Kier alpha value is -3.57. The third-order valence-corrected chi connectivity index (χ3v) is 10.1. The monoisotopic (exact) mass is 606 g/mol. The summed E-state index contributed by atoms with van der Waals surface area (Å²) in [5.41, 5.74) is -0.705. The molecule has 1 aromatic carbocycles. The van der Waals surface area contributed by atoms with E-state index >= 15 is 0 Å². The fourth-order valence-electron chi connectivity index (χ4n) is 7.95. The van der Waals surface area contributed by atoms with Crippen molar-refractivity contribution in [2.75, 3.05) is 26.2 Å². The maximum absolute atomic E-state index is 14.9. The zero-order valence-corrected chi connectivity index (χ0v) is 26.6.